The lowest BCUT2D eigenvalue weighted by Crippen LogP contribution is -2.46. The van der Waals surface area contributed by atoms with E-state index in [4.69, 9.17) is 4.74 Å². The molecule has 1 saturated heterocycles. The van der Waals surface area contributed by atoms with Crippen molar-refractivity contribution in [2.75, 3.05) is 37.7 Å². The molecule has 2 aromatic rings. The summed E-state index contributed by atoms with van der Waals surface area (Å²) in [5.74, 6) is 1.42. The molecule has 0 atom stereocenters. The lowest BCUT2D eigenvalue weighted by Gasteiger charge is -2.37. The molecule has 0 aliphatic carbocycles. The summed E-state index contributed by atoms with van der Waals surface area (Å²) in [6.07, 6.45) is 0. The van der Waals surface area contributed by atoms with Gasteiger partial charge in [-0.05, 0) is 41.0 Å². The van der Waals surface area contributed by atoms with Crippen LogP contribution in [-0.4, -0.2) is 42.8 Å². The predicted molar refractivity (Wildman–Crippen MR) is 131 cm³/mol. The van der Waals surface area contributed by atoms with Crippen LogP contribution in [0.3, 0.4) is 0 Å². The fourth-order valence-electron chi connectivity index (χ4n) is 4.20. The van der Waals surface area contributed by atoms with Gasteiger partial charge in [0.05, 0.1) is 12.3 Å². The Hall–Kier alpha value is -2.20. The number of anilines is 1. The van der Waals surface area contributed by atoms with Gasteiger partial charge in [0, 0.05) is 38.3 Å². The molecule has 0 bridgehead atoms. The van der Waals surface area contributed by atoms with Crippen molar-refractivity contribution in [1.29, 1.82) is 0 Å². The van der Waals surface area contributed by atoms with E-state index in [1.165, 1.54) is 11.3 Å². The van der Waals surface area contributed by atoms with Crippen molar-refractivity contribution >= 4 is 5.69 Å². The maximum Gasteiger partial charge on any atom is 0.142 e. The predicted octanol–water partition coefficient (Wildman–Crippen LogP) is 5.71. The van der Waals surface area contributed by atoms with Gasteiger partial charge >= 0.3 is 0 Å². The van der Waals surface area contributed by atoms with E-state index in [1.54, 1.807) is 0 Å². The highest BCUT2D eigenvalue weighted by Crippen LogP contribution is 2.38. The van der Waals surface area contributed by atoms with Crippen LogP contribution >= 0.6 is 0 Å². The zero-order valence-corrected chi connectivity index (χ0v) is 20.5. The quantitative estimate of drug-likeness (QED) is 0.667. The fraction of sp³-hybridized carbons (Fsp3) is 0.556. The lowest BCUT2D eigenvalue weighted by atomic mass is 9.79. The summed E-state index contributed by atoms with van der Waals surface area (Å²) in [5, 5.41) is 11.1. The molecular weight excluding hydrogens is 384 g/mol. The molecule has 2 aromatic carbocycles. The van der Waals surface area contributed by atoms with Gasteiger partial charge in [-0.25, -0.2) is 0 Å². The van der Waals surface area contributed by atoms with Gasteiger partial charge in [-0.15, -0.1) is 0 Å². The molecule has 1 aliphatic heterocycles. The summed E-state index contributed by atoms with van der Waals surface area (Å²) in [7, 11) is 0. The van der Waals surface area contributed by atoms with Gasteiger partial charge in [0.1, 0.15) is 11.5 Å². The van der Waals surface area contributed by atoms with Gasteiger partial charge in [-0.3, -0.25) is 4.90 Å². The molecule has 0 amide bonds. The van der Waals surface area contributed by atoms with E-state index in [9.17, 15) is 5.11 Å². The number of nitrogens with zero attached hydrogens (tertiary/aromatic N) is 2. The molecule has 1 aliphatic rings. The van der Waals surface area contributed by atoms with E-state index in [0.29, 0.717) is 12.4 Å². The standard InChI is InChI=1S/C27H40N2O2/c1-8-31-24-12-10-9-11-23(24)29-15-13-28(14-16-29)19-20-17-21(26(2,3)4)18-22(25(20)30)27(5,6)7/h9-12,17-18,30H,8,13-16,19H2,1-7H3. The molecule has 31 heavy (non-hydrogen) atoms. The van der Waals surface area contributed by atoms with Crippen molar-refractivity contribution in [2.45, 2.75) is 65.8 Å². The topological polar surface area (TPSA) is 35.9 Å². The molecule has 1 fully saturated rings. The third-order valence-electron chi connectivity index (χ3n) is 6.13. The SMILES string of the molecule is CCOc1ccccc1N1CCN(Cc2cc(C(C)(C)C)cc(C(C)(C)C)c2O)CC1. The van der Waals surface area contributed by atoms with E-state index in [-0.39, 0.29) is 10.8 Å². The van der Waals surface area contributed by atoms with E-state index >= 15 is 0 Å². The number of phenolic OH excluding ortho intramolecular Hbond substituents is 1. The first-order valence-corrected chi connectivity index (χ1v) is 11.6. The first-order chi connectivity index (χ1) is 14.5. The summed E-state index contributed by atoms with van der Waals surface area (Å²) >= 11 is 0. The number of piperazine rings is 1. The van der Waals surface area contributed by atoms with Gasteiger partial charge in [-0.1, -0.05) is 65.8 Å². The van der Waals surface area contributed by atoms with E-state index < -0.39 is 0 Å². The summed E-state index contributed by atoms with van der Waals surface area (Å²) in [5.41, 5.74) is 4.50. The van der Waals surface area contributed by atoms with Crippen LogP contribution in [-0.2, 0) is 17.4 Å². The van der Waals surface area contributed by atoms with Crippen LogP contribution in [0.2, 0.25) is 0 Å². The number of aromatic hydroxyl groups is 1. The van der Waals surface area contributed by atoms with Gasteiger partial charge in [0.15, 0.2) is 0 Å². The molecule has 0 radical (unpaired) electrons. The number of para-hydroxylation sites is 2. The Balaban J connectivity index is 1.78. The van der Waals surface area contributed by atoms with Crippen LogP contribution in [0.1, 0.15) is 65.2 Å². The second-order valence-electron chi connectivity index (χ2n) is 10.7. The molecule has 4 nitrogen and oxygen atoms in total. The van der Waals surface area contributed by atoms with Crippen LogP contribution in [0.25, 0.3) is 0 Å². The molecule has 0 saturated carbocycles. The Morgan fingerprint density at radius 3 is 2.13 bits per heavy atom. The van der Waals surface area contributed by atoms with Crippen LogP contribution in [0.15, 0.2) is 36.4 Å². The first kappa shape index (κ1) is 23.5. The highest BCUT2D eigenvalue weighted by Gasteiger charge is 2.26. The van der Waals surface area contributed by atoms with Gasteiger partial charge in [0.25, 0.3) is 0 Å². The molecule has 0 aromatic heterocycles. The van der Waals surface area contributed by atoms with Crippen molar-refractivity contribution in [1.82, 2.24) is 4.90 Å². The molecule has 3 rings (SSSR count). The summed E-state index contributed by atoms with van der Waals surface area (Å²) in [6.45, 7) is 20.6. The van der Waals surface area contributed by atoms with Crippen molar-refractivity contribution in [3.63, 3.8) is 0 Å². The van der Waals surface area contributed by atoms with Crippen LogP contribution in [0.5, 0.6) is 11.5 Å². The van der Waals surface area contributed by atoms with Crippen molar-refractivity contribution < 1.29 is 9.84 Å². The minimum atomic E-state index is -0.0955. The maximum atomic E-state index is 11.1. The summed E-state index contributed by atoms with van der Waals surface area (Å²) in [4.78, 5) is 4.86. The van der Waals surface area contributed by atoms with Gasteiger partial charge in [0.2, 0.25) is 0 Å². The Bertz CT molecular complexity index is 885. The summed E-state index contributed by atoms with van der Waals surface area (Å²) in [6, 6.07) is 12.7. The smallest absolute Gasteiger partial charge is 0.142 e. The lowest BCUT2D eigenvalue weighted by molar-refractivity contribution is 0.245. The Morgan fingerprint density at radius 1 is 0.903 bits per heavy atom. The minimum absolute atomic E-state index is 0.0458. The van der Waals surface area contributed by atoms with E-state index in [0.717, 1.165) is 49.6 Å². The van der Waals surface area contributed by atoms with Gasteiger partial charge < -0.3 is 14.7 Å². The zero-order valence-electron chi connectivity index (χ0n) is 20.5. The molecule has 1 heterocycles. The molecule has 4 heteroatoms. The Kier molecular flexibility index (Phi) is 6.90. The average molecular weight is 425 g/mol. The van der Waals surface area contributed by atoms with Crippen LogP contribution < -0.4 is 9.64 Å². The fourth-order valence-corrected chi connectivity index (χ4v) is 4.20. The molecule has 0 unspecified atom stereocenters. The van der Waals surface area contributed by atoms with Crippen molar-refractivity contribution in [3.05, 3.63) is 53.1 Å². The highest BCUT2D eigenvalue weighted by atomic mass is 16.5. The Morgan fingerprint density at radius 2 is 1.55 bits per heavy atom. The van der Waals surface area contributed by atoms with Crippen molar-refractivity contribution in [3.8, 4) is 11.5 Å². The number of phenols is 1. The first-order valence-electron chi connectivity index (χ1n) is 11.6. The zero-order chi connectivity index (χ0) is 22.8. The second-order valence-corrected chi connectivity index (χ2v) is 10.7. The van der Waals surface area contributed by atoms with E-state index in [2.05, 4.69) is 81.7 Å². The third kappa shape index (κ3) is 5.54. The van der Waals surface area contributed by atoms with Gasteiger partial charge in [-0.2, -0.15) is 0 Å². The highest BCUT2D eigenvalue weighted by molar-refractivity contribution is 5.58. The number of rotatable bonds is 5. The molecule has 0 spiro atoms. The molecule has 170 valence electrons. The third-order valence-corrected chi connectivity index (χ3v) is 6.13. The molecule has 1 N–H and O–H groups in total. The number of hydrogen-bond acceptors (Lipinski definition) is 4. The van der Waals surface area contributed by atoms with Crippen molar-refractivity contribution in [2.24, 2.45) is 0 Å². The monoisotopic (exact) mass is 424 g/mol. The number of benzene rings is 2. The van der Waals surface area contributed by atoms with Crippen LogP contribution in [0.4, 0.5) is 5.69 Å². The van der Waals surface area contributed by atoms with Crippen LogP contribution in [0, 0.1) is 0 Å². The normalized spacial score (nSPS) is 15.9. The largest absolute Gasteiger partial charge is 0.507 e. The maximum absolute atomic E-state index is 11.1. The van der Waals surface area contributed by atoms with E-state index in [1.807, 2.05) is 13.0 Å². The molecular formula is C27H40N2O2. The number of hydrogen-bond donors (Lipinski definition) is 1. The Labute approximate surface area is 188 Å². The number of ether oxygens (including phenoxy) is 1. The average Bonchev–Trinajstić information content (AvgIpc) is 2.69. The second kappa shape index (κ2) is 9.12. The summed E-state index contributed by atoms with van der Waals surface area (Å²) < 4.78 is 5.83. The minimum Gasteiger partial charge on any atom is -0.507 e.